The molecule has 2 rings (SSSR count). The van der Waals surface area contributed by atoms with Crippen molar-refractivity contribution in [2.24, 2.45) is 0 Å². The van der Waals surface area contributed by atoms with Gasteiger partial charge < -0.3 is 10.5 Å². The maximum Gasteiger partial charge on any atom is 0.198 e. The van der Waals surface area contributed by atoms with Gasteiger partial charge in [0, 0.05) is 8.96 Å². The van der Waals surface area contributed by atoms with Crippen molar-refractivity contribution in [1.82, 2.24) is 0 Å². The molecule has 0 amide bonds. The van der Waals surface area contributed by atoms with Crippen molar-refractivity contribution in [3.63, 3.8) is 0 Å². The predicted molar refractivity (Wildman–Crippen MR) is 70.1 cm³/mol. The Labute approximate surface area is 100 Å². The zero-order chi connectivity index (χ0) is 10.1. The summed E-state index contributed by atoms with van der Waals surface area (Å²) >= 11 is 3.94. The van der Waals surface area contributed by atoms with Crippen molar-refractivity contribution >= 4 is 49.7 Å². The van der Waals surface area contributed by atoms with Crippen molar-refractivity contribution < 1.29 is 4.74 Å². The summed E-state index contributed by atoms with van der Waals surface area (Å²) in [6, 6.07) is 6.13. The van der Waals surface area contributed by atoms with E-state index in [2.05, 4.69) is 28.7 Å². The Kier molecular flexibility index (Phi) is 2.83. The molecule has 0 radical (unpaired) electrons. The first-order valence-corrected chi connectivity index (χ1v) is 6.23. The first-order chi connectivity index (χ1) is 6.74. The number of hydrogen-bond acceptors (Lipinski definition) is 3. The summed E-state index contributed by atoms with van der Waals surface area (Å²) in [6.07, 6.45) is 0. The van der Waals surface area contributed by atoms with Crippen LogP contribution in [0.2, 0.25) is 0 Å². The summed E-state index contributed by atoms with van der Waals surface area (Å²) in [4.78, 5) is 0. The molecule has 1 aromatic carbocycles. The van der Waals surface area contributed by atoms with Crippen LogP contribution in [0.3, 0.4) is 0 Å². The summed E-state index contributed by atoms with van der Waals surface area (Å²) in [5.41, 5.74) is 6.74. The van der Waals surface area contributed by atoms with Gasteiger partial charge in [0.15, 0.2) is 5.06 Å². The van der Waals surface area contributed by atoms with Crippen LogP contribution >= 0.6 is 33.9 Å². The standard InChI is InChI=1S/C10H10INOS/c1-2-13-10-8(12)6-4-3-5-7(11)9(6)14-10/h3-5H,2,12H2,1H3. The van der Waals surface area contributed by atoms with Gasteiger partial charge in [0.25, 0.3) is 0 Å². The molecule has 0 fully saturated rings. The van der Waals surface area contributed by atoms with Crippen LogP contribution < -0.4 is 10.5 Å². The largest absolute Gasteiger partial charge is 0.483 e. The monoisotopic (exact) mass is 319 g/mol. The highest BCUT2D eigenvalue weighted by Gasteiger charge is 2.11. The average Bonchev–Trinajstić information content (AvgIpc) is 2.48. The number of rotatable bonds is 2. The molecule has 0 atom stereocenters. The molecule has 0 aliphatic heterocycles. The molecule has 2 N–H and O–H groups in total. The lowest BCUT2D eigenvalue weighted by molar-refractivity contribution is 0.352. The van der Waals surface area contributed by atoms with Crippen molar-refractivity contribution in [3.05, 3.63) is 21.8 Å². The van der Waals surface area contributed by atoms with Crippen molar-refractivity contribution in [3.8, 4) is 5.06 Å². The van der Waals surface area contributed by atoms with Crippen LogP contribution in [0.15, 0.2) is 18.2 Å². The van der Waals surface area contributed by atoms with Gasteiger partial charge in [-0.3, -0.25) is 0 Å². The van der Waals surface area contributed by atoms with Gasteiger partial charge in [0.2, 0.25) is 0 Å². The molecule has 74 valence electrons. The van der Waals surface area contributed by atoms with E-state index in [0.717, 1.165) is 16.1 Å². The second-order valence-corrected chi connectivity index (χ2v) is 5.00. The number of halogens is 1. The number of anilines is 1. The molecular weight excluding hydrogens is 309 g/mol. The van der Waals surface area contributed by atoms with Crippen molar-refractivity contribution in [1.29, 1.82) is 0 Å². The second-order valence-electron chi connectivity index (χ2n) is 2.85. The van der Waals surface area contributed by atoms with Crippen LogP contribution in [-0.4, -0.2) is 6.61 Å². The molecule has 4 heteroatoms. The molecule has 0 unspecified atom stereocenters. The summed E-state index contributed by atoms with van der Waals surface area (Å²) in [6.45, 7) is 2.63. The first-order valence-electron chi connectivity index (χ1n) is 4.33. The summed E-state index contributed by atoms with van der Waals surface area (Å²) in [7, 11) is 0. The van der Waals surface area contributed by atoms with E-state index in [9.17, 15) is 0 Å². The van der Waals surface area contributed by atoms with Crippen molar-refractivity contribution in [2.75, 3.05) is 12.3 Å². The summed E-state index contributed by atoms with van der Waals surface area (Å²) < 4.78 is 7.91. The highest BCUT2D eigenvalue weighted by Crippen LogP contribution is 2.41. The fourth-order valence-corrected chi connectivity index (χ4v) is 3.18. The van der Waals surface area contributed by atoms with E-state index >= 15 is 0 Å². The molecule has 0 spiro atoms. The third kappa shape index (κ3) is 1.56. The summed E-state index contributed by atoms with van der Waals surface area (Å²) in [5.74, 6) is 0. The van der Waals surface area contributed by atoms with Gasteiger partial charge in [-0.05, 0) is 35.6 Å². The van der Waals surface area contributed by atoms with Gasteiger partial charge in [0.05, 0.1) is 17.0 Å². The minimum absolute atomic E-state index is 0.660. The quantitative estimate of drug-likeness (QED) is 0.860. The zero-order valence-electron chi connectivity index (χ0n) is 7.71. The minimum atomic E-state index is 0.660. The Morgan fingerprint density at radius 2 is 2.29 bits per heavy atom. The third-order valence-corrected chi connectivity index (χ3v) is 4.38. The molecule has 1 aromatic heterocycles. The highest BCUT2D eigenvalue weighted by atomic mass is 127. The minimum Gasteiger partial charge on any atom is -0.483 e. The molecule has 1 heterocycles. The molecule has 0 saturated heterocycles. The molecule has 0 aliphatic rings. The fraction of sp³-hybridized carbons (Fsp3) is 0.200. The van der Waals surface area contributed by atoms with Gasteiger partial charge in [0.1, 0.15) is 0 Å². The molecule has 0 bridgehead atoms. The van der Waals surface area contributed by atoms with Gasteiger partial charge >= 0.3 is 0 Å². The van der Waals surface area contributed by atoms with Crippen LogP contribution in [0, 0.1) is 3.57 Å². The number of fused-ring (bicyclic) bond motifs is 1. The maximum absolute atomic E-state index is 5.98. The SMILES string of the molecule is CCOc1sc2c(I)cccc2c1N. The molecule has 0 aliphatic carbocycles. The van der Waals surface area contributed by atoms with Gasteiger partial charge in [-0.15, -0.1) is 0 Å². The lowest BCUT2D eigenvalue weighted by atomic mass is 10.2. The Bertz CT molecular complexity index is 466. The zero-order valence-corrected chi connectivity index (χ0v) is 10.7. The topological polar surface area (TPSA) is 35.2 Å². The van der Waals surface area contributed by atoms with E-state index in [4.69, 9.17) is 10.5 Å². The molecule has 2 nitrogen and oxygen atoms in total. The summed E-state index contributed by atoms with van der Waals surface area (Å²) in [5, 5.41) is 1.94. The lowest BCUT2D eigenvalue weighted by Crippen LogP contribution is -1.92. The first kappa shape index (κ1) is 10.0. The Hall–Kier alpha value is -0.490. The smallest absolute Gasteiger partial charge is 0.198 e. The number of benzene rings is 1. The van der Waals surface area contributed by atoms with Crippen LogP contribution in [0.1, 0.15) is 6.92 Å². The Morgan fingerprint density at radius 3 is 2.93 bits per heavy atom. The van der Waals surface area contributed by atoms with Gasteiger partial charge in [-0.2, -0.15) is 0 Å². The van der Waals surface area contributed by atoms with E-state index in [1.165, 1.54) is 8.27 Å². The second kappa shape index (κ2) is 3.94. The van der Waals surface area contributed by atoms with Gasteiger partial charge in [-0.1, -0.05) is 23.5 Å². The number of nitrogens with two attached hydrogens (primary N) is 1. The number of thiophene rings is 1. The number of hydrogen-bond donors (Lipinski definition) is 1. The molecular formula is C10H10INOS. The fourth-order valence-electron chi connectivity index (χ4n) is 1.32. The third-order valence-electron chi connectivity index (χ3n) is 1.95. The predicted octanol–water partition coefficient (Wildman–Crippen LogP) is 3.49. The molecule has 0 saturated carbocycles. The Morgan fingerprint density at radius 1 is 1.50 bits per heavy atom. The highest BCUT2D eigenvalue weighted by molar-refractivity contribution is 14.1. The van der Waals surface area contributed by atoms with E-state index < -0.39 is 0 Å². The van der Waals surface area contributed by atoms with E-state index in [1.54, 1.807) is 11.3 Å². The molecule has 2 aromatic rings. The normalized spacial score (nSPS) is 10.7. The lowest BCUT2D eigenvalue weighted by Gasteiger charge is -1.98. The number of nitrogen functional groups attached to an aromatic ring is 1. The van der Waals surface area contributed by atoms with Crippen LogP contribution in [0.5, 0.6) is 5.06 Å². The van der Waals surface area contributed by atoms with Crippen LogP contribution in [0.4, 0.5) is 5.69 Å². The maximum atomic E-state index is 5.98. The Balaban J connectivity index is 2.67. The number of ether oxygens (including phenoxy) is 1. The van der Waals surface area contributed by atoms with E-state index in [0.29, 0.717) is 6.61 Å². The van der Waals surface area contributed by atoms with E-state index in [-0.39, 0.29) is 0 Å². The van der Waals surface area contributed by atoms with Crippen LogP contribution in [-0.2, 0) is 0 Å². The molecule has 14 heavy (non-hydrogen) atoms. The van der Waals surface area contributed by atoms with Crippen LogP contribution in [0.25, 0.3) is 10.1 Å². The average molecular weight is 319 g/mol. The van der Waals surface area contributed by atoms with E-state index in [1.807, 2.05) is 19.1 Å². The van der Waals surface area contributed by atoms with Crippen molar-refractivity contribution in [2.45, 2.75) is 6.92 Å². The van der Waals surface area contributed by atoms with Gasteiger partial charge in [-0.25, -0.2) is 0 Å².